The molecule has 0 aliphatic rings. The molecule has 2 heterocycles. The molecule has 0 spiro atoms. The summed E-state index contributed by atoms with van der Waals surface area (Å²) in [6.45, 7) is 4.36. The van der Waals surface area contributed by atoms with Crippen molar-refractivity contribution in [2.45, 2.75) is 36.2 Å². The zero-order chi connectivity index (χ0) is 24.6. The van der Waals surface area contributed by atoms with Gasteiger partial charge in [-0.25, -0.2) is 9.37 Å². The van der Waals surface area contributed by atoms with Gasteiger partial charge in [0.2, 0.25) is 5.95 Å². The van der Waals surface area contributed by atoms with Gasteiger partial charge >= 0.3 is 0 Å². The Morgan fingerprint density at radius 2 is 1.80 bits per heavy atom. The molecule has 0 aliphatic carbocycles. The number of pyridine rings is 1. The first-order valence-electron chi connectivity index (χ1n) is 11.4. The zero-order valence-corrected chi connectivity index (χ0v) is 20.7. The number of nitrogens with one attached hydrogen (secondary N) is 2. The average molecular weight is 490 g/mol. The minimum absolute atomic E-state index is 0.0213. The number of aromatic nitrogens is 3. The lowest BCUT2D eigenvalue weighted by Crippen LogP contribution is -2.16. The Hall–Kier alpha value is -3.65. The Morgan fingerprint density at radius 3 is 2.49 bits per heavy atom. The highest BCUT2D eigenvalue weighted by atomic mass is 32.2. The predicted octanol–water partition coefficient (Wildman–Crippen LogP) is 7.11. The number of ether oxygens (including phenoxy) is 1. The standard InChI is InChI=1S/C27H28FN5OS/c1-18(2)15-24(23-9-4-5-14-29-23)31-25-17-26(35-22-12-10-21(34-3)11-13-22)33-27(32-25)30-20-8-6-7-19(28)16-20/h4-14,16-18,24H,15H2,1-3H3,(H2,30,31,32,33). The van der Waals surface area contributed by atoms with Crippen LogP contribution in [-0.2, 0) is 0 Å². The molecule has 0 amide bonds. The van der Waals surface area contributed by atoms with E-state index in [0.29, 0.717) is 23.4 Å². The summed E-state index contributed by atoms with van der Waals surface area (Å²) in [5.41, 5.74) is 1.52. The molecule has 180 valence electrons. The SMILES string of the molecule is COc1ccc(Sc2cc(NC(CC(C)C)c3ccccn3)nc(Nc3cccc(F)c3)n2)cc1. The molecule has 0 radical (unpaired) electrons. The van der Waals surface area contributed by atoms with Crippen LogP contribution in [0.25, 0.3) is 0 Å². The largest absolute Gasteiger partial charge is 0.497 e. The topological polar surface area (TPSA) is 72.0 Å². The third kappa shape index (κ3) is 7.16. The highest BCUT2D eigenvalue weighted by molar-refractivity contribution is 7.99. The van der Waals surface area contributed by atoms with Gasteiger partial charge in [0.25, 0.3) is 0 Å². The van der Waals surface area contributed by atoms with Crippen molar-refractivity contribution in [2.75, 3.05) is 17.7 Å². The lowest BCUT2D eigenvalue weighted by atomic mass is 10.0. The van der Waals surface area contributed by atoms with Gasteiger partial charge < -0.3 is 15.4 Å². The minimum Gasteiger partial charge on any atom is -0.497 e. The smallest absolute Gasteiger partial charge is 0.230 e. The fourth-order valence-corrected chi connectivity index (χ4v) is 4.37. The summed E-state index contributed by atoms with van der Waals surface area (Å²) in [6, 6.07) is 21.8. The van der Waals surface area contributed by atoms with Gasteiger partial charge in [0.15, 0.2) is 0 Å². The molecule has 2 aromatic carbocycles. The van der Waals surface area contributed by atoms with E-state index >= 15 is 0 Å². The molecule has 0 bridgehead atoms. The zero-order valence-electron chi connectivity index (χ0n) is 19.9. The van der Waals surface area contributed by atoms with Gasteiger partial charge in [-0.05, 0) is 66.9 Å². The molecular weight excluding hydrogens is 461 g/mol. The highest BCUT2D eigenvalue weighted by Crippen LogP contribution is 2.32. The Morgan fingerprint density at radius 1 is 0.971 bits per heavy atom. The molecule has 2 N–H and O–H groups in total. The van der Waals surface area contributed by atoms with E-state index in [1.165, 1.54) is 23.9 Å². The molecule has 0 fully saturated rings. The minimum atomic E-state index is -0.329. The van der Waals surface area contributed by atoms with Gasteiger partial charge in [0, 0.05) is 22.8 Å². The Balaban J connectivity index is 1.66. The molecule has 6 nitrogen and oxygen atoms in total. The van der Waals surface area contributed by atoms with Crippen LogP contribution in [0.2, 0.25) is 0 Å². The number of benzene rings is 2. The molecule has 0 saturated heterocycles. The van der Waals surface area contributed by atoms with E-state index in [1.54, 1.807) is 25.4 Å². The van der Waals surface area contributed by atoms with Crippen LogP contribution in [0.4, 0.5) is 21.8 Å². The first kappa shape index (κ1) is 24.5. The van der Waals surface area contributed by atoms with Crippen LogP contribution in [-0.4, -0.2) is 22.1 Å². The molecule has 1 unspecified atom stereocenters. The maximum atomic E-state index is 13.7. The van der Waals surface area contributed by atoms with Gasteiger partial charge in [0.1, 0.15) is 22.4 Å². The Labute approximate surface area is 209 Å². The van der Waals surface area contributed by atoms with Crippen molar-refractivity contribution < 1.29 is 9.13 Å². The number of methoxy groups -OCH3 is 1. The normalized spacial score (nSPS) is 11.8. The number of rotatable bonds is 10. The molecule has 8 heteroatoms. The summed E-state index contributed by atoms with van der Waals surface area (Å²) in [5, 5.41) is 7.43. The quantitative estimate of drug-likeness (QED) is 0.230. The van der Waals surface area contributed by atoms with Crippen LogP contribution in [0.1, 0.15) is 32.0 Å². The maximum Gasteiger partial charge on any atom is 0.230 e. The van der Waals surface area contributed by atoms with Gasteiger partial charge in [-0.2, -0.15) is 4.98 Å². The number of nitrogens with zero attached hydrogens (tertiary/aromatic N) is 3. The number of hydrogen-bond donors (Lipinski definition) is 2. The molecule has 0 saturated carbocycles. The van der Waals surface area contributed by atoms with E-state index in [9.17, 15) is 4.39 Å². The van der Waals surface area contributed by atoms with E-state index in [4.69, 9.17) is 4.74 Å². The van der Waals surface area contributed by atoms with Crippen molar-refractivity contribution in [1.29, 1.82) is 0 Å². The van der Waals surface area contributed by atoms with Crippen molar-refractivity contribution in [2.24, 2.45) is 5.92 Å². The molecule has 0 aliphatic heterocycles. The summed E-state index contributed by atoms with van der Waals surface area (Å²) in [6.07, 6.45) is 2.68. The van der Waals surface area contributed by atoms with E-state index < -0.39 is 0 Å². The lowest BCUT2D eigenvalue weighted by molar-refractivity contribution is 0.414. The van der Waals surface area contributed by atoms with Crippen LogP contribution in [0.15, 0.2) is 88.9 Å². The van der Waals surface area contributed by atoms with Crippen molar-refractivity contribution in [3.8, 4) is 5.75 Å². The summed E-state index contributed by atoms with van der Waals surface area (Å²) in [4.78, 5) is 14.9. The monoisotopic (exact) mass is 489 g/mol. The average Bonchev–Trinajstić information content (AvgIpc) is 2.84. The lowest BCUT2D eigenvalue weighted by Gasteiger charge is -2.21. The predicted molar refractivity (Wildman–Crippen MR) is 139 cm³/mol. The van der Waals surface area contributed by atoms with Crippen LogP contribution in [0, 0.1) is 11.7 Å². The van der Waals surface area contributed by atoms with Crippen LogP contribution in [0.5, 0.6) is 5.75 Å². The summed E-state index contributed by atoms with van der Waals surface area (Å²) in [5.74, 6) is 1.95. The van der Waals surface area contributed by atoms with Crippen molar-refractivity contribution in [3.63, 3.8) is 0 Å². The molecule has 35 heavy (non-hydrogen) atoms. The van der Waals surface area contributed by atoms with Crippen molar-refractivity contribution >= 4 is 29.2 Å². The third-order valence-corrected chi connectivity index (χ3v) is 6.07. The Kier molecular flexibility index (Phi) is 8.15. The second kappa shape index (κ2) is 11.7. The third-order valence-electron chi connectivity index (χ3n) is 5.14. The van der Waals surface area contributed by atoms with Crippen molar-refractivity contribution in [1.82, 2.24) is 15.0 Å². The molecule has 2 aromatic heterocycles. The molecular formula is C27H28FN5OS. The van der Waals surface area contributed by atoms with E-state index in [-0.39, 0.29) is 11.9 Å². The maximum absolute atomic E-state index is 13.7. The second-order valence-corrected chi connectivity index (χ2v) is 9.50. The fourth-order valence-electron chi connectivity index (χ4n) is 3.55. The van der Waals surface area contributed by atoms with E-state index in [2.05, 4.69) is 39.4 Å². The first-order valence-corrected chi connectivity index (χ1v) is 12.2. The van der Waals surface area contributed by atoms with Gasteiger partial charge in [-0.3, -0.25) is 4.98 Å². The number of hydrogen-bond acceptors (Lipinski definition) is 7. The van der Waals surface area contributed by atoms with E-state index in [0.717, 1.165) is 27.8 Å². The van der Waals surface area contributed by atoms with Crippen LogP contribution < -0.4 is 15.4 Å². The summed E-state index contributed by atoms with van der Waals surface area (Å²) in [7, 11) is 1.64. The number of halogens is 1. The van der Waals surface area contributed by atoms with Crippen molar-refractivity contribution in [3.05, 3.63) is 90.5 Å². The van der Waals surface area contributed by atoms with Gasteiger partial charge in [-0.1, -0.05) is 37.7 Å². The number of anilines is 3. The van der Waals surface area contributed by atoms with E-state index in [1.807, 2.05) is 48.5 Å². The fraction of sp³-hybridized carbons (Fsp3) is 0.222. The second-order valence-electron chi connectivity index (χ2n) is 8.41. The molecule has 1 atom stereocenters. The summed E-state index contributed by atoms with van der Waals surface area (Å²) < 4.78 is 19.0. The van der Waals surface area contributed by atoms with Gasteiger partial charge in [-0.15, -0.1) is 0 Å². The first-order chi connectivity index (χ1) is 17.0. The highest BCUT2D eigenvalue weighted by Gasteiger charge is 2.17. The van der Waals surface area contributed by atoms with Crippen LogP contribution in [0.3, 0.4) is 0 Å². The van der Waals surface area contributed by atoms with Crippen LogP contribution >= 0.6 is 11.8 Å². The molecule has 4 rings (SSSR count). The van der Waals surface area contributed by atoms with Gasteiger partial charge in [0.05, 0.1) is 18.8 Å². The molecule has 4 aromatic rings. The Bertz CT molecular complexity index is 1240. The summed E-state index contributed by atoms with van der Waals surface area (Å²) >= 11 is 1.51.